The van der Waals surface area contributed by atoms with E-state index in [0.29, 0.717) is 17.6 Å². The van der Waals surface area contributed by atoms with Gasteiger partial charge in [0.2, 0.25) is 0 Å². The quantitative estimate of drug-likeness (QED) is 0.441. The molecule has 0 saturated carbocycles. The minimum absolute atomic E-state index is 0.174. The van der Waals surface area contributed by atoms with Crippen LogP contribution in [0.15, 0.2) is 24.5 Å². The number of nitrogens with one attached hydrogen (secondary N) is 1. The molecule has 0 radical (unpaired) electrons. The Balaban J connectivity index is 2.36. The number of pyridine rings is 1. The molecule has 0 fully saturated rings. The lowest BCUT2D eigenvalue weighted by Crippen LogP contribution is -2.47. The molecule has 1 amide bonds. The van der Waals surface area contributed by atoms with E-state index in [9.17, 15) is 23.3 Å². The number of nitrogens with zero attached hydrogens (tertiary/aromatic N) is 2. The summed E-state index contributed by atoms with van der Waals surface area (Å²) in [7, 11) is -3.77. The van der Waals surface area contributed by atoms with Gasteiger partial charge in [-0.25, -0.2) is 4.79 Å². The lowest BCUT2D eigenvalue weighted by Gasteiger charge is -2.31. The normalized spacial score (nSPS) is 20.2. The van der Waals surface area contributed by atoms with Gasteiger partial charge in [-0.2, -0.15) is 8.42 Å². The summed E-state index contributed by atoms with van der Waals surface area (Å²) in [6, 6.07) is 0.660. The van der Waals surface area contributed by atoms with Gasteiger partial charge >= 0.3 is 6.09 Å². The van der Waals surface area contributed by atoms with Crippen molar-refractivity contribution in [2.75, 3.05) is 6.26 Å². The SMILES string of the molecule is CC(C)(C)OC(=O)N[C@@H]1C=C(c2ccncc2[N+](=O)[O-])CC[C@H]1OS(C)(=O)=O. The number of hydrogen-bond donors (Lipinski definition) is 1. The van der Waals surface area contributed by atoms with Gasteiger partial charge in [-0.05, 0) is 45.3 Å². The molecule has 28 heavy (non-hydrogen) atoms. The van der Waals surface area contributed by atoms with Crippen LogP contribution in [0, 0.1) is 10.1 Å². The largest absolute Gasteiger partial charge is 0.444 e. The number of carbonyl (C=O) groups excluding carboxylic acids is 1. The molecule has 1 aromatic rings. The molecule has 0 bridgehead atoms. The van der Waals surface area contributed by atoms with Crippen LogP contribution in [-0.4, -0.2) is 48.4 Å². The van der Waals surface area contributed by atoms with Crippen molar-refractivity contribution in [2.24, 2.45) is 0 Å². The second-order valence-corrected chi connectivity index (χ2v) is 8.99. The average Bonchev–Trinajstić information content (AvgIpc) is 2.53. The van der Waals surface area contributed by atoms with Crippen molar-refractivity contribution in [3.63, 3.8) is 0 Å². The van der Waals surface area contributed by atoms with Crippen molar-refractivity contribution < 1.29 is 27.1 Å². The Morgan fingerprint density at radius 1 is 1.39 bits per heavy atom. The van der Waals surface area contributed by atoms with Crippen LogP contribution in [-0.2, 0) is 19.0 Å². The molecule has 0 aliphatic heterocycles. The van der Waals surface area contributed by atoms with Crippen LogP contribution in [0.3, 0.4) is 0 Å². The van der Waals surface area contributed by atoms with Crippen LogP contribution >= 0.6 is 0 Å². The third-order valence-electron chi connectivity index (χ3n) is 3.80. The predicted molar refractivity (Wildman–Crippen MR) is 101 cm³/mol. The van der Waals surface area contributed by atoms with Gasteiger partial charge in [0.15, 0.2) is 0 Å². The molecular weight excluding hydrogens is 390 g/mol. The summed E-state index contributed by atoms with van der Waals surface area (Å²) in [5.41, 5.74) is 0.0205. The van der Waals surface area contributed by atoms with Crippen LogP contribution in [0.2, 0.25) is 0 Å². The van der Waals surface area contributed by atoms with Gasteiger partial charge in [-0.15, -0.1) is 0 Å². The number of alkyl carbamates (subject to hydrolysis) is 1. The molecule has 11 heteroatoms. The average molecular weight is 413 g/mol. The number of aromatic nitrogens is 1. The zero-order valence-corrected chi connectivity index (χ0v) is 16.9. The predicted octanol–water partition coefficient (Wildman–Crippen LogP) is 2.41. The topological polar surface area (TPSA) is 138 Å². The zero-order valence-electron chi connectivity index (χ0n) is 16.0. The van der Waals surface area contributed by atoms with E-state index in [1.807, 2.05) is 0 Å². The van der Waals surface area contributed by atoms with Gasteiger partial charge < -0.3 is 10.1 Å². The van der Waals surface area contributed by atoms with Gasteiger partial charge in [0, 0.05) is 6.20 Å². The summed E-state index contributed by atoms with van der Waals surface area (Å²) in [5, 5.41) is 13.9. The molecule has 0 aromatic carbocycles. The van der Waals surface area contributed by atoms with Crippen molar-refractivity contribution >= 4 is 27.5 Å². The van der Waals surface area contributed by atoms with Crippen LogP contribution in [0.4, 0.5) is 10.5 Å². The highest BCUT2D eigenvalue weighted by Gasteiger charge is 2.33. The van der Waals surface area contributed by atoms with E-state index in [1.165, 1.54) is 12.3 Å². The Hall–Kier alpha value is -2.53. The van der Waals surface area contributed by atoms with E-state index >= 15 is 0 Å². The van der Waals surface area contributed by atoms with Crippen molar-refractivity contribution in [1.82, 2.24) is 10.3 Å². The highest BCUT2D eigenvalue weighted by atomic mass is 32.2. The Kier molecular flexibility index (Phi) is 6.40. The third kappa shape index (κ3) is 6.27. The summed E-state index contributed by atoms with van der Waals surface area (Å²) in [4.78, 5) is 26.7. The van der Waals surface area contributed by atoms with Crippen molar-refractivity contribution in [2.45, 2.75) is 51.4 Å². The number of amides is 1. The summed E-state index contributed by atoms with van der Waals surface area (Å²) in [6.07, 6.45) is 4.02. The van der Waals surface area contributed by atoms with Crippen LogP contribution in [0.5, 0.6) is 0 Å². The molecule has 1 aliphatic rings. The minimum Gasteiger partial charge on any atom is -0.444 e. The first-order valence-corrected chi connectivity index (χ1v) is 10.3. The van der Waals surface area contributed by atoms with Gasteiger partial charge in [0.25, 0.3) is 15.8 Å². The van der Waals surface area contributed by atoms with Crippen LogP contribution in [0.25, 0.3) is 5.57 Å². The standard InChI is InChI=1S/C17H23N3O7S/c1-17(2,3)26-16(21)19-13-9-11(5-6-15(13)27-28(4,24)25)12-7-8-18-10-14(12)20(22)23/h7-10,13,15H,5-6H2,1-4H3,(H,19,21)/t13-,15-/m1/s1. The summed E-state index contributed by atoms with van der Waals surface area (Å²) >= 11 is 0. The molecule has 0 spiro atoms. The Bertz CT molecular complexity index is 890. The second kappa shape index (κ2) is 8.23. The summed E-state index contributed by atoms with van der Waals surface area (Å²) in [5.74, 6) is 0. The fourth-order valence-corrected chi connectivity index (χ4v) is 3.49. The van der Waals surface area contributed by atoms with Crippen LogP contribution < -0.4 is 5.32 Å². The minimum atomic E-state index is -3.77. The highest BCUT2D eigenvalue weighted by Crippen LogP contribution is 2.33. The number of nitro groups is 1. The summed E-state index contributed by atoms with van der Waals surface area (Å²) < 4.78 is 33.5. The first-order valence-electron chi connectivity index (χ1n) is 8.53. The van der Waals surface area contributed by atoms with Crippen molar-refractivity contribution in [3.8, 4) is 0 Å². The van der Waals surface area contributed by atoms with E-state index in [2.05, 4.69) is 10.3 Å². The maximum Gasteiger partial charge on any atom is 0.408 e. The van der Waals surface area contributed by atoms with E-state index in [-0.39, 0.29) is 12.1 Å². The van der Waals surface area contributed by atoms with E-state index in [4.69, 9.17) is 8.92 Å². The van der Waals surface area contributed by atoms with Gasteiger partial charge in [0.05, 0.1) is 22.8 Å². The maximum absolute atomic E-state index is 12.2. The van der Waals surface area contributed by atoms with Gasteiger partial charge in [-0.1, -0.05) is 6.08 Å². The Morgan fingerprint density at radius 3 is 2.64 bits per heavy atom. The van der Waals surface area contributed by atoms with E-state index < -0.39 is 38.9 Å². The molecule has 1 heterocycles. The van der Waals surface area contributed by atoms with Gasteiger partial charge in [0.1, 0.15) is 17.9 Å². The molecule has 2 atom stereocenters. The molecule has 0 unspecified atom stereocenters. The maximum atomic E-state index is 12.2. The molecule has 1 aliphatic carbocycles. The first-order chi connectivity index (χ1) is 12.9. The fraction of sp³-hybridized carbons (Fsp3) is 0.529. The molecule has 0 saturated heterocycles. The molecule has 1 aromatic heterocycles. The lowest BCUT2D eigenvalue weighted by molar-refractivity contribution is -0.385. The fourth-order valence-electron chi connectivity index (χ4n) is 2.82. The summed E-state index contributed by atoms with van der Waals surface area (Å²) in [6.45, 7) is 5.08. The molecule has 10 nitrogen and oxygen atoms in total. The second-order valence-electron chi connectivity index (χ2n) is 7.39. The highest BCUT2D eigenvalue weighted by molar-refractivity contribution is 7.86. The van der Waals surface area contributed by atoms with E-state index in [0.717, 1.165) is 12.5 Å². The molecule has 2 rings (SSSR count). The number of hydrogen-bond acceptors (Lipinski definition) is 8. The Labute approximate surface area is 163 Å². The lowest BCUT2D eigenvalue weighted by atomic mass is 9.89. The first kappa shape index (κ1) is 21.8. The molecular formula is C17H23N3O7S. The number of allylic oxidation sites excluding steroid dienone is 1. The van der Waals surface area contributed by atoms with E-state index in [1.54, 1.807) is 26.8 Å². The van der Waals surface area contributed by atoms with Crippen molar-refractivity contribution in [3.05, 3.63) is 40.2 Å². The van der Waals surface area contributed by atoms with Gasteiger partial charge in [-0.3, -0.25) is 19.3 Å². The van der Waals surface area contributed by atoms with Crippen molar-refractivity contribution in [1.29, 1.82) is 0 Å². The number of carbonyl (C=O) groups is 1. The van der Waals surface area contributed by atoms with Crippen LogP contribution in [0.1, 0.15) is 39.2 Å². The molecule has 1 N–H and O–H groups in total. The zero-order chi connectivity index (χ0) is 21.1. The monoisotopic (exact) mass is 413 g/mol. The smallest absolute Gasteiger partial charge is 0.408 e. The number of ether oxygens (including phenoxy) is 1. The Morgan fingerprint density at radius 2 is 2.07 bits per heavy atom. The molecule has 154 valence electrons. The number of rotatable bonds is 5. The third-order valence-corrected chi connectivity index (χ3v) is 4.40.